The summed E-state index contributed by atoms with van der Waals surface area (Å²) in [6.07, 6.45) is 2.22. The Hall–Kier alpha value is -4.73. The maximum absolute atomic E-state index is 13.6. The Morgan fingerprint density at radius 3 is 2.66 bits per heavy atom. The number of carbonyl (C=O) groups excluding carboxylic acids is 1. The van der Waals surface area contributed by atoms with Crippen LogP contribution in [0.1, 0.15) is 28.9 Å². The summed E-state index contributed by atoms with van der Waals surface area (Å²) < 4.78 is 17.0. The highest BCUT2D eigenvalue weighted by Gasteiger charge is 2.18. The lowest BCUT2D eigenvalue weighted by Crippen LogP contribution is -2.26. The zero-order valence-corrected chi connectivity index (χ0v) is 18.9. The molecule has 0 radical (unpaired) electrons. The van der Waals surface area contributed by atoms with Crippen molar-refractivity contribution in [2.24, 2.45) is 7.05 Å². The van der Waals surface area contributed by atoms with Crippen LogP contribution in [0, 0.1) is 5.82 Å². The van der Waals surface area contributed by atoms with Crippen LogP contribution in [0.5, 0.6) is 0 Å². The van der Waals surface area contributed by atoms with Gasteiger partial charge in [-0.2, -0.15) is 4.98 Å². The van der Waals surface area contributed by atoms with Crippen molar-refractivity contribution in [3.8, 4) is 11.1 Å². The van der Waals surface area contributed by atoms with Gasteiger partial charge in [-0.25, -0.2) is 13.7 Å². The smallest absolute Gasteiger partial charge is 0.411 e. The molecule has 5 rings (SSSR count). The van der Waals surface area contributed by atoms with Crippen molar-refractivity contribution in [1.29, 1.82) is 0 Å². The molecule has 0 saturated carbocycles. The van der Waals surface area contributed by atoms with Gasteiger partial charge in [-0.15, -0.1) is 5.10 Å². The fraction of sp³-hybridized carbons (Fsp3) is 0.120. The standard InChI is InChI=1S/C25H21FN6O3/c1-14(15-4-3-5-18(26)10-15)27-23(33)20-13-31(2)21-7-6-16(11-19(20)21)17-8-9-32-22(12-17)28-24(30-32)29-25(34)35/h3-14H,1-2H3,(H,27,33)(H,29,30)(H,34,35)/t14-/m0/s1. The van der Waals surface area contributed by atoms with E-state index >= 15 is 0 Å². The summed E-state index contributed by atoms with van der Waals surface area (Å²) in [6.45, 7) is 1.81. The van der Waals surface area contributed by atoms with Crippen molar-refractivity contribution in [2.75, 3.05) is 5.32 Å². The Morgan fingerprint density at radius 2 is 1.89 bits per heavy atom. The number of aromatic nitrogens is 4. The summed E-state index contributed by atoms with van der Waals surface area (Å²) in [4.78, 5) is 28.2. The highest BCUT2D eigenvalue weighted by atomic mass is 19.1. The van der Waals surface area contributed by atoms with Gasteiger partial charge in [-0.3, -0.25) is 10.1 Å². The molecule has 5 aromatic rings. The number of pyridine rings is 1. The van der Waals surface area contributed by atoms with E-state index in [0.29, 0.717) is 16.8 Å². The minimum absolute atomic E-state index is 0.0143. The Bertz CT molecular complexity index is 1610. The van der Waals surface area contributed by atoms with Crippen LogP contribution in [-0.2, 0) is 7.05 Å². The number of carboxylic acid groups (broad SMARTS) is 1. The van der Waals surface area contributed by atoms with E-state index in [4.69, 9.17) is 5.11 Å². The minimum Gasteiger partial charge on any atom is -0.465 e. The van der Waals surface area contributed by atoms with Crippen LogP contribution in [0.25, 0.3) is 27.7 Å². The van der Waals surface area contributed by atoms with Crippen molar-refractivity contribution in [3.05, 3.63) is 83.9 Å². The molecule has 0 saturated heterocycles. The highest BCUT2D eigenvalue weighted by molar-refractivity contribution is 6.08. The number of nitrogens with one attached hydrogen (secondary N) is 2. The number of fused-ring (bicyclic) bond motifs is 2. The molecule has 0 aliphatic heterocycles. The molecule has 9 nitrogen and oxygen atoms in total. The third-order valence-electron chi connectivity index (χ3n) is 5.82. The van der Waals surface area contributed by atoms with Crippen molar-refractivity contribution in [3.63, 3.8) is 0 Å². The summed E-state index contributed by atoms with van der Waals surface area (Å²) in [5.74, 6) is -0.629. The zero-order valence-electron chi connectivity index (χ0n) is 18.9. The molecule has 0 fully saturated rings. The molecule has 2 amide bonds. The fourth-order valence-corrected chi connectivity index (χ4v) is 4.10. The van der Waals surface area contributed by atoms with E-state index in [-0.39, 0.29) is 23.7 Å². The van der Waals surface area contributed by atoms with E-state index in [9.17, 15) is 14.0 Å². The second kappa shape index (κ2) is 8.56. The molecule has 176 valence electrons. The van der Waals surface area contributed by atoms with Gasteiger partial charge in [-0.1, -0.05) is 18.2 Å². The van der Waals surface area contributed by atoms with Crippen LogP contribution in [0.3, 0.4) is 0 Å². The summed E-state index contributed by atoms with van der Waals surface area (Å²) in [6, 6.07) is 15.2. The van der Waals surface area contributed by atoms with Crippen molar-refractivity contribution >= 4 is 34.5 Å². The maximum atomic E-state index is 13.6. The first-order valence-electron chi connectivity index (χ1n) is 10.8. The number of aryl methyl sites for hydroxylation is 1. The van der Waals surface area contributed by atoms with Crippen LogP contribution in [0.15, 0.2) is 67.0 Å². The summed E-state index contributed by atoms with van der Waals surface area (Å²) in [7, 11) is 1.87. The lowest BCUT2D eigenvalue weighted by molar-refractivity contribution is 0.0941. The Labute approximate surface area is 198 Å². The Kier molecular flexibility index (Phi) is 5.40. The van der Waals surface area contributed by atoms with Crippen LogP contribution < -0.4 is 10.6 Å². The molecule has 3 aromatic heterocycles. The fourth-order valence-electron chi connectivity index (χ4n) is 4.10. The summed E-state index contributed by atoms with van der Waals surface area (Å²) in [5, 5.41) is 18.8. The second-order valence-electron chi connectivity index (χ2n) is 8.22. The van der Waals surface area contributed by atoms with E-state index in [2.05, 4.69) is 20.7 Å². The van der Waals surface area contributed by atoms with Gasteiger partial charge < -0.3 is 15.0 Å². The number of hydrogen-bond donors (Lipinski definition) is 3. The van der Waals surface area contributed by atoms with E-state index < -0.39 is 6.09 Å². The maximum Gasteiger partial charge on any atom is 0.411 e. The number of rotatable bonds is 5. The molecular formula is C25H21FN6O3. The van der Waals surface area contributed by atoms with Gasteiger partial charge in [0.25, 0.3) is 11.9 Å². The predicted molar refractivity (Wildman–Crippen MR) is 129 cm³/mol. The van der Waals surface area contributed by atoms with Gasteiger partial charge in [0, 0.05) is 30.3 Å². The van der Waals surface area contributed by atoms with E-state index in [0.717, 1.165) is 22.0 Å². The van der Waals surface area contributed by atoms with Gasteiger partial charge in [-0.05, 0) is 60.0 Å². The lowest BCUT2D eigenvalue weighted by Gasteiger charge is -2.14. The van der Waals surface area contributed by atoms with E-state index in [1.54, 1.807) is 30.6 Å². The molecule has 35 heavy (non-hydrogen) atoms. The summed E-state index contributed by atoms with van der Waals surface area (Å²) >= 11 is 0. The molecule has 0 spiro atoms. The molecule has 2 aromatic carbocycles. The first-order valence-corrected chi connectivity index (χ1v) is 10.8. The van der Waals surface area contributed by atoms with Crippen LogP contribution in [0.2, 0.25) is 0 Å². The molecule has 0 unspecified atom stereocenters. The SMILES string of the molecule is C[C@H](NC(=O)c1cn(C)c2ccc(-c3ccn4nc(NC(=O)O)nc4c3)cc12)c1cccc(F)c1. The number of amides is 2. The third kappa shape index (κ3) is 4.29. The molecule has 0 aliphatic rings. The molecule has 1 atom stereocenters. The van der Waals surface area contributed by atoms with E-state index in [1.807, 2.05) is 42.8 Å². The number of benzene rings is 2. The summed E-state index contributed by atoms with van der Waals surface area (Å²) in [5.41, 5.74) is 4.23. The second-order valence-corrected chi connectivity index (χ2v) is 8.22. The molecule has 0 aliphatic carbocycles. The molecular weight excluding hydrogens is 451 g/mol. The van der Waals surface area contributed by atoms with Crippen LogP contribution in [0.4, 0.5) is 15.1 Å². The van der Waals surface area contributed by atoms with Gasteiger partial charge in [0.2, 0.25) is 0 Å². The average Bonchev–Trinajstić information content (AvgIpc) is 3.37. The number of halogens is 1. The predicted octanol–water partition coefficient (Wildman–Crippen LogP) is 4.61. The number of anilines is 1. The largest absolute Gasteiger partial charge is 0.465 e. The van der Waals surface area contributed by atoms with E-state index in [1.165, 1.54) is 16.6 Å². The van der Waals surface area contributed by atoms with Gasteiger partial charge in [0.05, 0.1) is 11.6 Å². The van der Waals surface area contributed by atoms with Crippen LogP contribution in [-0.4, -0.2) is 36.3 Å². The molecule has 0 bridgehead atoms. The first-order chi connectivity index (χ1) is 16.8. The quantitative estimate of drug-likeness (QED) is 0.346. The molecule has 3 N–H and O–H groups in total. The van der Waals surface area contributed by atoms with Crippen LogP contribution >= 0.6 is 0 Å². The first kappa shape index (κ1) is 22.1. The Balaban J connectivity index is 1.48. The normalized spacial score (nSPS) is 12.1. The number of nitrogens with zero attached hydrogens (tertiary/aromatic N) is 4. The number of hydrogen-bond acceptors (Lipinski definition) is 4. The Morgan fingerprint density at radius 1 is 1.09 bits per heavy atom. The monoisotopic (exact) mass is 472 g/mol. The third-order valence-corrected chi connectivity index (χ3v) is 5.82. The highest BCUT2D eigenvalue weighted by Crippen LogP contribution is 2.29. The molecule has 3 heterocycles. The van der Waals surface area contributed by atoms with Crippen molar-refractivity contribution in [1.82, 2.24) is 24.5 Å². The molecule has 10 heteroatoms. The van der Waals surface area contributed by atoms with Crippen molar-refractivity contribution in [2.45, 2.75) is 13.0 Å². The number of carbonyl (C=O) groups is 2. The van der Waals surface area contributed by atoms with Gasteiger partial charge in [0.1, 0.15) is 5.82 Å². The zero-order chi connectivity index (χ0) is 24.7. The van der Waals surface area contributed by atoms with Gasteiger partial charge >= 0.3 is 6.09 Å². The average molecular weight is 472 g/mol. The lowest BCUT2D eigenvalue weighted by atomic mass is 10.0. The minimum atomic E-state index is -1.24. The topological polar surface area (TPSA) is 114 Å². The van der Waals surface area contributed by atoms with Gasteiger partial charge in [0.15, 0.2) is 5.65 Å². The van der Waals surface area contributed by atoms with Crippen molar-refractivity contribution < 1.29 is 19.1 Å².